The summed E-state index contributed by atoms with van der Waals surface area (Å²) >= 11 is 0. The molecule has 1 heterocycles. The fourth-order valence-electron chi connectivity index (χ4n) is 3.19. The van der Waals surface area contributed by atoms with Gasteiger partial charge in [0.05, 0.1) is 6.54 Å². The Morgan fingerprint density at radius 1 is 1.30 bits per heavy atom. The Hall–Kier alpha value is -1.31. The van der Waals surface area contributed by atoms with Crippen molar-refractivity contribution in [1.82, 2.24) is 15.5 Å². The first kappa shape index (κ1) is 23.7. The van der Waals surface area contributed by atoms with Gasteiger partial charge in [-0.3, -0.25) is 9.79 Å². The summed E-state index contributed by atoms with van der Waals surface area (Å²) in [5.41, 5.74) is 2.57. The Balaban J connectivity index is 0.00000364. The normalized spacial score (nSPS) is 14.9. The molecule has 0 bridgehead atoms. The van der Waals surface area contributed by atoms with Crippen LogP contribution < -0.4 is 10.6 Å². The molecule has 1 saturated heterocycles. The van der Waals surface area contributed by atoms with Gasteiger partial charge in [-0.1, -0.05) is 43.7 Å². The van der Waals surface area contributed by atoms with Crippen LogP contribution in [0.5, 0.6) is 0 Å². The Kier molecular flexibility index (Phi) is 10.1. The fourth-order valence-corrected chi connectivity index (χ4v) is 3.19. The number of carbonyl (C=O) groups excluding carboxylic acids is 1. The van der Waals surface area contributed by atoms with Crippen LogP contribution in [0.4, 0.5) is 0 Å². The molecule has 152 valence electrons. The third kappa shape index (κ3) is 7.68. The summed E-state index contributed by atoms with van der Waals surface area (Å²) in [5.74, 6) is 1.14. The van der Waals surface area contributed by atoms with Crippen molar-refractivity contribution < 1.29 is 4.79 Å². The maximum Gasteiger partial charge on any atom is 0.222 e. The van der Waals surface area contributed by atoms with E-state index >= 15 is 0 Å². The summed E-state index contributed by atoms with van der Waals surface area (Å²) < 4.78 is 0. The van der Waals surface area contributed by atoms with Crippen LogP contribution >= 0.6 is 24.0 Å². The molecule has 1 aliphatic heterocycles. The molecule has 0 aromatic heterocycles. The number of hydrogen-bond donors (Lipinski definition) is 2. The quantitative estimate of drug-likeness (QED) is 0.256. The van der Waals surface area contributed by atoms with Crippen LogP contribution in [-0.2, 0) is 10.2 Å². The van der Waals surface area contributed by atoms with Crippen molar-refractivity contribution >= 4 is 35.8 Å². The van der Waals surface area contributed by atoms with Crippen LogP contribution in [0, 0.1) is 6.92 Å². The van der Waals surface area contributed by atoms with E-state index < -0.39 is 0 Å². The predicted molar refractivity (Wildman–Crippen MR) is 124 cm³/mol. The van der Waals surface area contributed by atoms with Crippen molar-refractivity contribution in [2.24, 2.45) is 4.99 Å². The SMILES string of the molecule is CCNC(=NCC(C)(C)c1cccc(C)c1)NCCCN1CCCC1=O.I. The number of nitrogens with zero attached hydrogens (tertiary/aromatic N) is 2. The smallest absolute Gasteiger partial charge is 0.222 e. The summed E-state index contributed by atoms with van der Waals surface area (Å²) in [7, 11) is 0. The Morgan fingerprint density at radius 3 is 2.70 bits per heavy atom. The standard InChI is InChI=1S/C21H34N4O.HI/c1-5-22-20(23-12-8-14-25-13-7-11-19(25)26)24-16-21(3,4)18-10-6-9-17(2)15-18;/h6,9-10,15H,5,7-8,11-14,16H2,1-4H3,(H2,22,23,24);1H. The average Bonchev–Trinajstić information content (AvgIpc) is 3.01. The molecule has 27 heavy (non-hydrogen) atoms. The molecule has 6 heteroatoms. The molecule has 1 aliphatic rings. The van der Waals surface area contributed by atoms with Crippen molar-refractivity contribution in [2.45, 2.75) is 52.4 Å². The Labute approximate surface area is 181 Å². The number of aryl methyl sites for hydroxylation is 1. The predicted octanol–water partition coefficient (Wildman–Crippen LogP) is 3.46. The molecule has 0 saturated carbocycles. The highest BCUT2D eigenvalue weighted by Crippen LogP contribution is 2.24. The molecule has 0 aliphatic carbocycles. The summed E-state index contributed by atoms with van der Waals surface area (Å²) in [5, 5.41) is 6.71. The van der Waals surface area contributed by atoms with E-state index in [1.54, 1.807) is 0 Å². The Bertz CT molecular complexity index is 630. The molecule has 0 unspecified atom stereocenters. The van der Waals surface area contributed by atoms with Crippen LogP contribution in [-0.4, -0.2) is 49.5 Å². The lowest BCUT2D eigenvalue weighted by Gasteiger charge is -2.24. The lowest BCUT2D eigenvalue weighted by atomic mass is 9.84. The van der Waals surface area contributed by atoms with Crippen molar-refractivity contribution in [3.05, 3.63) is 35.4 Å². The third-order valence-electron chi connectivity index (χ3n) is 4.84. The van der Waals surface area contributed by atoms with E-state index in [2.05, 4.69) is 62.6 Å². The van der Waals surface area contributed by atoms with Crippen molar-refractivity contribution in [3.8, 4) is 0 Å². The molecule has 1 aromatic rings. The number of halogens is 1. The zero-order chi connectivity index (χ0) is 19.0. The number of rotatable bonds is 8. The Morgan fingerprint density at radius 2 is 2.07 bits per heavy atom. The highest BCUT2D eigenvalue weighted by Gasteiger charge is 2.21. The number of guanidine groups is 1. The first-order valence-corrected chi connectivity index (χ1v) is 9.79. The molecule has 0 spiro atoms. The molecule has 1 fully saturated rings. The summed E-state index contributed by atoms with van der Waals surface area (Å²) in [4.78, 5) is 18.4. The van der Waals surface area contributed by atoms with Crippen LogP contribution in [0.15, 0.2) is 29.3 Å². The maximum absolute atomic E-state index is 11.6. The lowest BCUT2D eigenvalue weighted by molar-refractivity contribution is -0.127. The molecule has 0 atom stereocenters. The highest BCUT2D eigenvalue weighted by atomic mass is 127. The maximum atomic E-state index is 11.6. The molecule has 2 N–H and O–H groups in total. The van der Waals surface area contributed by atoms with Gasteiger partial charge in [-0.15, -0.1) is 24.0 Å². The van der Waals surface area contributed by atoms with E-state index in [1.165, 1.54) is 11.1 Å². The van der Waals surface area contributed by atoms with Crippen molar-refractivity contribution in [3.63, 3.8) is 0 Å². The molecular weight excluding hydrogens is 451 g/mol. The second-order valence-corrected chi connectivity index (χ2v) is 7.71. The largest absolute Gasteiger partial charge is 0.357 e. The summed E-state index contributed by atoms with van der Waals surface area (Å²) in [6, 6.07) is 8.65. The van der Waals surface area contributed by atoms with Crippen molar-refractivity contribution in [2.75, 3.05) is 32.7 Å². The second-order valence-electron chi connectivity index (χ2n) is 7.71. The van der Waals surface area contributed by atoms with Gasteiger partial charge in [0.15, 0.2) is 5.96 Å². The minimum Gasteiger partial charge on any atom is -0.357 e. The van der Waals surface area contributed by atoms with Crippen molar-refractivity contribution in [1.29, 1.82) is 0 Å². The van der Waals surface area contributed by atoms with Gasteiger partial charge < -0.3 is 15.5 Å². The van der Waals surface area contributed by atoms with Gasteiger partial charge in [0.25, 0.3) is 0 Å². The third-order valence-corrected chi connectivity index (χ3v) is 4.84. The number of nitrogens with one attached hydrogen (secondary N) is 2. The topological polar surface area (TPSA) is 56.7 Å². The monoisotopic (exact) mass is 486 g/mol. The molecule has 0 radical (unpaired) electrons. The van der Waals surface area contributed by atoms with Gasteiger partial charge in [-0.2, -0.15) is 0 Å². The van der Waals surface area contributed by atoms with E-state index in [1.807, 2.05) is 4.90 Å². The van der Waals surface area contributed by atoms with E-state index in [4.69, 9.17) is 4.99 Å². The van der Waals surface area contributed by atoms with Gasteiger partial charge in [-0.05, 0) is 32.3 Å². The molecular formula is C21H35IN4O. The van der Waals surface area contributed by atoms with E-state index in [9.17, 15) is 4.79 Å². The fraction of sp³-hybridized carbons (Fsp3) is 0.619. The first-order valence-electron chi connectivity index (χ1n) is 9.79. The van der Waals surface area contributed by atoms with Gasteiger partial charge in [-0.25, -0.2) is 0 Å². The van der Waals surface area contributed by atoms with E-state index in [0.717, 1.165) is 51.5 Å². The number of aliphatic imine (C=N–C) groups is 1. The zero-order valence-corrected chi connectivity index (χ0v) is 19.5. The number of likely N-dealkylation sites (tertiary alicyclic amines) is 1. The van der Waals surface area contributed by atoms with E-state index in [0.29, 0.717) is 12.3 Å². The highest BCUT2D eigenvalue weighted by molar-refractivity contribution is 14.0. The van der Waals surface area contributed by atoms with Crippen LogP contribution in [0.2, 0.25) is 0 Å². The van der Waals surface area contributed by atoms with Crippen LogP contribution in [0.1, 0.15) is 51.2 Å². The van der Waals surface area contributed by atoms with Gasteiger partial charge in [0, 0.05) is 38.0 Å². The van der Waals surface area contributed by atoms with Gasteiger partial charge >= 0.3 is 0 Å². The molecule has 2 rings (SSSR count). The average molecular weight is 486 g/mol. The minimum atomic E-state index is -0.0175. The van der Waals surface area contributed by atoms with Crippen LogP contribution in [0.25, 0.3) is 0 Å². The number of benzene rings is 1. The second kappa shape index (κ2) is 11.5. The lowest BCUT2D eigenvalue weighted by Crippen LogP contribution is -2.40. The van der Waals surface area contributed by atoms with E-state index in [-0.39, 0.29) is 29.4 Å². The molecule has 1 aromatic carbocycles. The van der Waals surface area contributed by atoms with Gasteiger partial charge in [0.1, 0.15) is 0 Å². The minimum absolute atomic E-state index is 0. The number of carbonyl (C=O) groups is 1. The summed E-state index contributed by atoms with van der Waals surface area (Å²) in [6.45, 7) is 12.8. The molecule has 1 amide bonds. The number of hydrogen-bond acceptors (Lipinski definition) is 2. The first-order chi connectivity index (χ1) is 12.4. The summed E-state index contributed by atoms with van der Waals surface area (Å²) in [6.07, 6.45) is 2.66. The van der Waals surface area contributed by atoms with Gasteiger partial charge in [0.2, 0.25) is 5.91 Å². The van der Waals surface area contributed by atoms with Crippen LogP contribution in [0.3, 0.4) is 0 Å². The number of amides is 1. The molecule has 5 nitrogen and oxygen atoms in total. The zero-order valence-electron chi connectivity index (χ0n) is 17.2.